The van der Waals surface area contributed by atoms with Crippen molar-refractivity contribution < 1.29 is 13.5 Å². The van der Waals surface area contributed by atoms with E-state index in [0.717, 1.165) is 5.56 Å². The molecular weight excluding hydrogens is 360 g/mol. The van der Waals surface area contributed by atoms with Crippen molar-refractivity contribution in [2.75, 3.05) is 0 Å². The summed E-state index contributed by atoms with van der Waals surface area (Å²) < 4.78 is 29.4. The molecule has 2 N–H and O–H groups in total. The van der Waals surface area contributed by atoms with Gasteiger partial charge >= 0.3 is 0 Å². The summed E-state index contributed by atoms with van der Waals surface area (Å²) >= 11 is 3.28. The van der Waals surface area contributed by atoms with Gasteiger partial charge in [-0.2, -0.15) is 0 Å². The molecule has 0 unspecified atom stereocenters. The topological polar surface area (TPSA) is 97.1 Å². The number of sulfonamides is 1. The number of hydrogen-bond donors (Lipinski definition) is 2. The summed E-state index contributed by atoms with van der Waals surface area (Å²) in [6.45, 7) is 1.58. The van der Waals surface area contributed by atoms with E-state index in [-0.39, 0.29) is 18.0 Å². The maximum absolute atomic E-state index is 12.4. The Labute approximate surface area is 131 Å². The molecule has 0 aliphatic carbocycles. The summed E-state index contributed by atoms with van der Waals surface area (Å²) in [6, 6.07) is 3.17. The smallest absolute Gasteiger partial charge is 0.242 e. The minimum atomic E-state index is -3.73. The van der Waals surface area contributed by atoms with Gasteiger partial charge in [-0.05, 0) is 40.0 Å². The van der Waals surface area contributed by atoms with Crippen LogP contribution in [0.25, 0.3) is 0 Å². The van der Waals surface area contributed by atoms with Crippen LogP contribution in [0.5, 0.6) is 0 Å². The van der Waals surface area contributed by atoms with E-state index in [1.165, 1.54) is 12.4 Å². The lowest BCUT2D eigenvalue weighted by Crippen LogP contribution is -2.25. The molecule has 0 amide bonds. The van der Waals surface area contributed by atoms with Gasteiger partial charge in [-0.3, -0.25) is 0 Å². The van der Waals surface area contributed by atoms with Gasteiger partial charge in [0.1, 0.15) is 12.2 Å². The van der Waals surface area contributed by atoms with Crippen LogP contribution in [0.1, 0.15) is 17.0 Å². The highest BCUT2D eigenvalue weighted by Crippen LogP contribution is 2.27. The molecule has 0 saturated heterocycles. The van der Waals surface area contributed by atoms with E-state index in [4.69, 9.17) is 0 Å². The van der Waals surface area contributed by atoms with Crippen LogP contribution in [0, 0.1) is 6.92 Å². The van der Waals surface area contributed by atoms with Gasteiger partial charge in [-0.15, -0.1) is 10.2 Å². The van der Waals surface area contributed by atoms with E-state index in [9.17, 15) is 13.5 Å². The maximum Gasteiger partial charge on any atom is 0.242 e. The van der Waals surface area contributed by atoms with Crippen molar-refractivity contribution in [2.45, 2.75) is 25.0 Å². The summed E-state index contributed by atoms with van der Waals surface area (Å²) in [6.07, 6.45) is 1.50. The largest absolute Gasteiger partial charge is 0.392 e. The van der Waals surface area contributed by atoms with Gasteiger partial charge in [0.25, 0.3) is 0 Å². The number of aliphatic hydroxyl groups is 1. The fourth-order valence-electron chi connectivity index (χ4n) is 1.80. The summed E-state index contributed by atoms with van der Waals surface area (Å²) in [5.74, 6) is 0.504. The summed E-state index contributed by atoms with van der Waals surface area (Å²) in [4.78, 5) is 0.0914. The second kappa shape index (κ2) is 6.22. The van der Waals surface area contributed by atoms with Gasteiger partial charge in [-0.1, -0.05) is 6.07 Å². The van der Waals surface area contributed by atoms with Crippen LogP contribution >= 0.6 is 15.9 Å². The molecule has 114 valence electrons. The Balaban J connectivity index is 2.31. The van der Waals surface area contributed by atoms with Gasteiger partial charge in [0.05, 0.1) is 18.0 Å². The maximum atomic E-state index is 12.4. The molecule has 0 aliphatic heterocycles. The molecule has 0 aliphatic rings. The normalized spacial score (nSPS) is 11.8. The molecule has 7 nitrogen and oxygen atoms in total. The lowest BCUT2D eigenvalue weighted by molar-refractivity contribution is 0.281. The van der Waals surface area contributed by atoms with Crippen LogP contribution in [-0.2, 0) is 30.2 Å². The highest BCUT2D eigenvalue weighted by Gasteiger charge is 2.20. The molecule has 0 bridgehead atoms. The van der Waals surface area contributed by atoms with Crippen LogP contribution in [-0.4, -0.2) is 28.3 Å². The Morgan fingerprint density at radius 2 is 2.14 bits per heavy atom. The molecule has 2 aromatic rings. The number of hydrogen-bond acceptors (Lipinski definition) is 5. The second-order valence-corrected chi connectivity index (χ2v) is 7.09. The molecule has 9 heteroatoms. The molecule has 21 heavy (non-hydrogen) atoms. The highest BCUT2D eigenvalue weighted by molar-refractivity contribution is 9.10. The molecule has 0 atom stereocenters. The molecule has 0 fully saturated rings. The fourth-order valence-corrected chi connectivity index (χ4v) is 3.85. The SMILES string of the molecule is Cc1cc(CO)cc(S(=O)(=O)NCc2nncn2C)c1Br. The average molecular weight is 375 g/mol. The van der Waals surface area contributed by atoms with Crippen molar-refractivity contribution in [3.05, 3.63) is 39.9 Å². The zero-order valence-electron chi connectivity index (χ0n) is 11.5. The van der Waals surface area contributed by atoms with Crippen molar-refractivity contribution in [3.63, 3.8) is 0 Å². The number of nitrogens with zero attached hydrogens (tertiary/aromatic N) is 3. The molecule has 1 aromatic heterocycles. The van der Waals surface area contributed by atoms with Crippen molar-refractivity contribution in [3.8, 4) is 0 Å². The molecule has 1 heterocycles. The second-order valence-electron chi connectivity index (χ2n) is 4.57. The number of nitrogens with one attached hydrogen (secondary N) is 1. The first-order valence-corrected chi connectivity index (χ1v) is 8.35. The highest BCUT2D eigenvalue weighted by atomic mass is 79.9. The van der Waals surface area contributed by atoms with Gasteiger partial charge in [-0.25, -0.2) is 13.1 Å². The van der Waals surface area contributed by atoms with E-state index in [2.05, 4.69) is 30.8 Å². The Morgan fingerprint density at radius 3 is 2.71 bits per heavy atom. The van der Waals surface area contributed by atoms with E-state index in [1.54, 1.807) is 24.6 Å². The van der Waals surface area contributed by atoms with Gasteiger partial charge in [0.2, 0.25) is 10.0 Å². The van der Waals surface area contributed by atoms with Crippen LogP contribution < -0.4 is 4.72 Å². The number of halogens is 1. The lowest BCUT2D eigenvalue weighted by atomic mass is 10.1. The first kappa shape index (κ1) is 16.1. The van der Waals surface area contributed by atoms with Crippen LogP contribution in [0.2, 0.25) is 0 Å². The number of aliphatic hydroxyl groups excluding tert-OH is 1. The number of benzene rings is 1. The molecule has 0 radical (unpaired) electrons. The van der Waals surface area contributed by atoms with Gasteiger partial charge in [0, 0.05) is 11.5 Å². The number of aryl methyl sites for hydroxylation is 2. The van der Waals surface area contributed by atoms with E-state index in [0.29, 0.717) is 15.9 Å². The fraction of sp³-hybridized carbons (Fsp3) is 0.333. The third-order valence-electron chi connectivity index (χ3n) is 2.98. The third kappa shape index (κ3) is 3.49. The van der Waals surface area contributed by atoms with Crippen molar-refractivity contribution in [1.82, 2.24) is 19.5 Å². The first-order valence-electron chi connectivity index (χ1n) is 6.07. The third-order valence-corrected chi connectivity index (χ3v) is 5.72. The van der Waals surface area contributed by atoms with Crippen LogP contribution in [0.4, 0.5) is 0 Å². The minimum Gasteiger partial charge on any atom is -0.392 e. The minimum absolute atomic E-state index is 0.0354. The van der Waals surface area contributed by atoms with Crippen LogP contribution in [0.15, 0.2) is 27.8 Å². The molecule has 2 rings (SSSR count). The lowest BCUT2D eigenvalue weighted by Gasteiger charge is -2.11. The molecule has 0 spiro atoms. The summed E-state index contributed by atoms with van der Waals surface area (Å²) in [5, 5.41) is 16.7. The van der Waals surface area contributed by atoms with Gasteiger partial charge < -0.3 is 9.67 Å². The monoisotopic (exact) mass is 374 g/mol. The Morgan fingerprint density at radius 1 is 1.43 bits per heavy atom. The number of aromatic nitrogens is 3. The zero-order chi connectivity index (χ0) is 15.6. The molecule has 1 aromatic carbocycles. The van der Waals surface area contributed by atoms with Gasteiger partial charge in [0.15, 0.2) is 0 Å². The zero-order valence-corrected chi connectivity index (χ0v) is 13.9. The summed E-state index contributed by atoms with van der Waals surface area (Å²) in [7, 11) is -2.00. The first-order chi connectivity index (χ1) is 9.85. The van der Waals surface area contributed by atoms with Crippen molar-refractivity contribution >= 4 is 26.0 Å². The predicted molar refractivity (Wildman–Crippen MR) is 79.8 cm³/mol. The standard InChI is InChI=1S/C12H15BrN4O3S/c1-8-3-9(6-18)4-10(12(8)13)21(19,20)15-5-11-16-14-7-17(11)2/h3-4,7,15,18H,5-6H2,1-2H3. The average Bonchev–Trinajstić information content (AvgIpc) is 2.84. The van der Waals surface area contributed by atoms with Crippen molar-refractivity contribution in [1.29, 1.82) is 0 Å². The Kier molecular flexibility index (Phi) is 4.77. The quantitative estimate of drug-likeness (QED) is 0.808. The van der Waals surface area contributed by atoms with Crippen LogP contribution in [0.3, 0.4) is 0 Å². The number of rotatable bonds is 5. The Hall–Kier alpha value is -1.29. The molecule has 0 saturated carbocycles. The molecular formula is C12H15BrN4O3S. The summed E-state index contributed by atoms with van der Waals surface area (Å²) in [5.41, 5.74) is 1.27. The van der Waals surface area contributed by atoms with Crippen molar-refractivity contribution in [2.24, 2.45) is 7.05 Å². The Bertz CT molecular complexity index is 758. The van der Waals surface area contributed by atoms with E-state index in [1.807, 2.05) is 0 Å². The van der Waals surface area contributed by atoms with E-state index >= 15 is 0 Å². The predicted octanol–water partition coefficient (Wildman–Crippen LogP) is 0.857. The van der Waals surface area contributed by atoms with E-state index < -0.39 is 10.0 Å².